The topological polar surface area (TPSA) is 53.7 Å². The van der Waals surface area contributed by atoms with Crippen LogP contribution < -0.4 is 5.63 Å². The molecule has 1 saturated carbocycles. The summed E-state index contributed by atoms with van der Waals surface area (Å²) in [5, 5.41) is 10.8. The molecule has 1 saturated heterocycles. The molecule has 128 valence electrons. The molecule has 2 heterocycles. The van der Waals surface area contributed by atoms with Crippen LogP contribution >= 0.6 is 0 Å². The van der Waals surface area contributed by atoms with Crippen molar-refractivity contribution >= 4 is 11.0 Å². The van der Waals surface area contributed by atoms with E-state index in [1.807, 2.05) is 6.07 Å². The minimum atomic E-state index is -0.334. The zero-order valence-corrected chi connectivity index (χ0v) is 14.3. The number of fused-ring (bicyclic) bond motifs is 2. The van der Waals surface area contributed by atoms with Gasteiger partial charge >= 0.3 is 5.63 Å². The lowest BCUT2D eigenvalue weighted by Crippen LogP contribution is -2.41. The zero-order chi connectivity index (χ0) is 16.7. The van der Waals surface area contributed by atoms with E-state index in [0.717, 1.165) is 42.4 Å². The lowest BCUT2D eigenvalue weighted by molar-refractivity contribution is 0.0822. The number of benzene rings is 1. The quantitative estimate of drug-likeness (QED) is 0.852. The molecule has 0 radical (unpaired) electrons. The van der Waals surface area contributed by atoms with Gasteiger partial charge in [0.2, 0.25) is 0 Å². The van der Waals surface area contributed by atoms with E-state index < -0.39 is 0 Å². The van der Waals surface area contributed by atoms with Crippen LogP contribution in [0.5, 0.6) is 5.75 Å². The number of nitrogens with zero attached hydrogens (tertiary/aromatic N) is 1. The lowest BCUT2D eigenvalue weighted by atomic mass is 9.75. The van der Waals surface area contributed by atoms with Gasteiger partial charge in [0, 0.05) is 30.1 Å². The molecule has 0 bridgehead atoms. The lowest BCUT2D eigenvalue weighted by Gasteiger charge is -2.41. The van der Waals surface area contributed by atoms with E-state index in [-0.39, 0.29) is 11.4 Å². The molecule has 1 N–H and O–H groups in total. The molecular weight excluding hydrogens is 302 g/mol. The Labute approximate surface area is 142 Å². The van der Waals surface area contributed by atoms with Crippen LogP contribution in [0.3, 0.4) is 0 Å². The number of hydrogen-bond acceptors (Lipinski definition) is 4. The normalized spacial score (nSPS) is 24.9. The highest BCUT2D eigenvalue weighted by Gasteiger charge is 2.31. The molecule has 1 aliphatic heterocycles. The molecule has 2 fully saturated rings. The minimum Gasteiger partial charge on any atom is -0.508 e. The first-order valence-electron chi connectivity index (χ1n) is 9.09. The SMILES string of the molecule is Cc1c(O)ccc2c(CN3CC[C@H]4CCCC[C@@H]4C3)cc(=O)oc12. The van der Waals surface area contributed by atoms with Crippen LogP contribution in [-0.4, -0.2) is 23.1 Å². The van der Waals surface area contributed by atoms with Crippen molar-refractivity contribution < 1.29 is 9.52 Å². The van der Waals surface area contributed by atoms with Gasteiger partial charge < -0.3 is 9.52 Å². The van der Waals surface area contributed by atoms with Gasteiger partial charge in [-0.2, -0.15) is 0 Å². The number of phenolic OH excluding ortho intramolecular Hbond substituents is 1. The Bertz CT molecular complexity index is 810. The molecular formula is C20H25NO3. The van der Waals surface area contributed by atoms with E-state index in [4.69, 9.17) is 4.42 Å². The van der Waals surface area contributed by atoms with Gasteiger partial charge in [-0.3, -0.25) is 4.90 Å². The van der Waals surface area contributed by atoms with Crippen molar-refractivity contribution in [2.24, 2.45) is 11.8 Å². The predicted octanol–water partition coefficient (Wildman–Crippen LogP) is 3.82. The molecule has 2 atom stereocenters. The third kappa shape index (κ3) is 2.84. The van der Waals surface area contributed by atoms with Crippen molar-refractivity contribution in [1.82, 2.24) is 4.90 Å². The minimum absolute atomic E-state index is 0.172. The Hall–Kier alpha value is -1.81. The van der Waals surface area contributed by atoms with Crippen molar-refractivity contribution in [2.45, 2.75) is 45.6 Å². The van der Waals surface area contributed by atoms with Gasteiger partial charge in [0.1, 0.15) is 11.3 Å². The van der Waals surface area contributed by atoms with Crippen molar-refractivity contribution in [3.05, 3.63) is 39.7 Å². The number of likely N-dealkylation sites (tertiary alicyclic amines) is 1. The fourth-order valence-electron chi connectivity index (χ4n) is 4.61. The number of hydrogen-bond donors (Lipinski definition) is 1. The number of phenols is 1. The van der Waals surface area contributed by atoms with Crippen molar-refractivity contribution in [2.75, 3.05) is 13.1 Å². The number of rotatable bonds is 2. The second-order valence-corrected chi connectivity index (χ2v) is 7.51. The first kappa shape index (κ1) is 15.7. The highest BCUT2D eigenvalue weighted by molar-refractivity contribution is 5.84. The van der Waals surface area contributed by atoms with Crippen LogP contribution in [0.1, 0.15) is 43.2 Å². The van der Waals surface area contributed by atoms with E-state index in [0.29, 0.717) is 11.1 Å². The molecule has 0 amide bonds. The van der Waals surface area contributed by atoms with Crippen LogP contribution in [-0.2, 0) is 6.54 Å². The summed E-state index contributed by atoms with van der Waals surface area (Å²) in [5.41, 5.74) is 1.83. The summed E-state index contributed by atoms with van der Waals surface area (Å²) >= 11 is 0. The Kier molecular flexibility index (Phi) is 4.09. The van der Waals surface area contributed by atoms with Gasteiger partial charge in [-0.25, -0.2) is 4.79 Å². The highest BCUT2D eigenvalue weighted by atomic mass is 16.4. The fraction of sp³-hybridized carbons (Fsp3) is 0.550. The first-order chi connectivity index (χ1) is 11.6. The average Bonchev–Trinajstić information content (AvgIpc) is 2.58. The van der Waals surface area contributed by atoms with Crippen LogP contribution in [0.2, 0.25) is 0 Å². The standard InChI is InChI=1S/C20H25NO3/c1-13-18(22)7-6-17-16(10-19(23)24-20(13)17)12-21-9-8-14-4-2-3-5-15(14)11-21/h6-7,10,14-15,22H,2-5,8-9,11-12H2,1H3/t14-,15-/m1/s1. The molecule has 4 heteroatoms. The summed E-state index contributed by atoms with van der Waals surface area (Å²) < 4.78 is 5.35. The van der Waals surface area contributed by atoms with Crippen LogP contribution in [0, 0.1) is 18.8 Å². The first-order valence-corrected chi connectivity index (χ1v) is 9.09. The van der Waals surface area contributed by atoms with Crippen LogP contribution in [0.4, 0.5) is 0 Å². The highest BCUT2D eigenvalue weighted by Crippen LogP contribution is 2.37. The van der Waals surface area contributed by atoms with Gasteiger partial charge in [0.15, 0.2) is 0 Å². The fourth-order valence-corrected chi connectivity index (χ4v) is 4.61. The molecule has 0 unspecified atom stereocenters. The Morgan fingerprint density at radius 3 is 2.83 bits per heavy atom. The molecule has 24 heavy (non-hydrogen) atoms. The summed E-state index contributed by atoms with van der Waals surface area (Å²) in [7, 11) is 0. The molecule has 1 aromatic carbocycles. The van der Waals surface area contributed by atoms with Crippen LogP contribution in [0.25, 0.3) is 11.0 Å². The van der Waals surface area contributed by atoms with Gasteiger partial charge in [0.05, 0.1) is 0 Å². The van der Waals surface area contributed by atoms with Gasteiger partial charge in [-0.05, 0) is 55.8 Å². The number of aryl methyl sites for hydroxylation is 1. The van der Waals surface area contributed by atoms with E-state index >= 15 is 0 Å². The third-order valence-electron chi connectivity index (χ3n) is 5.99. The maximum absolute atomic E-state index is 12.0. The van der Waals surface area contributed by atoms with E-state index in [9.17, 15) is 9.90 Å². The van der Waals surface area contributed by atoms with E-state index in [1.54, 1.807) is 19.1 Å². The van der Waals surface area contributed by atoms with Gasteiger partial charge in [0.25, 0.3) is 0 Å². The number of aromatic hydroxyl groups is 1. The monoisotopic (exact) mass is 327 g/mol. The molecule has 1 aromatic heterocycles. The maximum Gasteiger partial charge on any atom is 0.336 e. The molecule has 2 aromatic rings. The Morgan fingerprint density at radius 1 is 1.21 bits per heavy atom. The smallest absolute Gasteiger partial charge is 0.336 e. The largest absolute Gasteiger partial charge is 0.508 e. The maximum atomic E-state index is 12.0. The summed E-state index contributed by atoms with van der Waals surface area (Å²) in [6.07, 6.45) is 6.80. The van der Waals surface area contributed by atoms with Crippen molar-refractivity contribution in [1.29, 1.82) is 0 Å². The van der Waals surface area contributed by atoms with Crippen molar-refractivity contribution in [3.63, 3.8) is 0 Å². The predicted molar refractivity (Wildman–Crippen MR) is 94.2 cm³/mol. The summed E-state index contributed by atoms with van der Waals surface area (Å²) in [6, 6.07) is 5.17. The molecule has 4 rings (SSSR count). The second-order valence-electron chi connectivity index (χ2n) is 7.51. The summed E-state index contributed by atoms with van der Waals surface area (Å²) in [5.74, 6) is 1.90. The summed E-state index contributed by atoms with van der Waals surface area (Å²) in [4.78, 5) is 14.5. The molecule has 1 aliphatic carbocycles. The number of piperidine rings is 1. The van der Waals surface area contributed by atoms with E-state index in [2.05, 4.69) is 4.90 Å². The van der Waals surface area contributed by atoms with E-state index in [1.165, 1.54) is 32.1 Å². The van der Waals surface area contributed by atoms with Gasteiger partial charge in [-0.1, -0.05) is 19.3 Å². The molecule has 2 aliphatic rings. The summed E-state index contributed by atoms with van der Waals surface area (Å²) in [6.45, 7) is 4.83. The second kappa shape index (κ2) is 6.25. The van der Waals surface area contributed by atoms with Crippen molar-refractivity contribution in [3.8, 4) is 5.75 Å². The Morgan fingerprint density at radius 2 is 2.00 bits per heavy atom. The molecule has 0 spiro atoms. The van der Waals surface area contributed by atoms with Gasteiger partial charge in [-0.15, -0.1) is 0 Å². The Balaban J connectivity index is 1.63. The zero-order valence-electron chi connectivity index (χ0n) is 14.3. The molecule has 4 nitrogen and oxygen atoms in total. The van der Waals surface area contributed by atoms with Crippen LogP contribution in [0.15, 0.2) is 27.4 Å². The average molecular weight is 327 g/mol. The third-order valence-corrected chi connectivity index (χ3v) is 5.99.